The summed E-state index contributed by atoms with van der Waals surface area (Å²) in [6.45, 7) is 4.45. The average Bonchev–Trinajstić information content (AvgIpc) is 2.28. The van der Waals surface area contributed by atoms with Gasteiger partial charge in [-0.3, -0.25) is 4.79 Å². The summed E-state index contributed by atoms with van der Waals surface area (Å²) in [5.74, 6) is 1.91. The van der Waals surface area contributed by atoms with Crippen LogP contribution in [0.1, 0.15) is 30.6 Å². The predicted molar refractivity (Wildman–Crippen MR) is 71.7 cm³/mol. The monoisotopic (exact) mass is 256 g/mol. The predicted octanol–water partition coefficient (Wildman–Crippen LogP) is 4.25. The summed E-state index contributed by atoms with van der Waals surface area (Å²) >= 11 is 7.32. The van der Waals surface area contributed by atoms with Crippen LogP contribution in [-0.4, -0.2) is 17.4 Å². The maximum absolute atomic E-state index is 11.3. The summed E-state index contributed by atoms with van der Waals surface area (Å²) in [4.78, 5) is 12.5. The van der Waals surface area contributed by atoms with Gasteiger partial charge in [-0.15, -0.1) is 23.4 Å². The molecule has 0 heterocycles. The van der Waals surface area contributed by atoms with Crippen LogP contribution in [0.3, 0.4) is 0 Å². The number of carbonyl (C=O) groups excluding carboxylic acids is 1. The average molecular weight is 257 g/mol. The van der Waals surface area contributed by atoms with Gasteiger partial charge in [0.2, 0.25) is 0 Å². The lowest BCUT2D eigenvalue weighted by molar-refractivity contribution is 0.102. The van der Waals surface area contributed by atoms with E-state index in [2.05, 4.69) is 13.8 Å². The van der Waals surface area contributed by atoms with Crippen LogP contribution in [0.2, 0.25) is 0 Å². The number of benzene rings is 1. The molecule has 1 aromatic carbocycles. The second kappa shape index (κ2) is 6.97. The van der Waals surface area contributed by atoms with Gasteiger partial charge in [-0.05, 0) is 30.2 Å². The first-order valence-electron chi connectivity index (χ1n) is 5.45. The van der Waals surface area contributed by atoms with Gasteiger partial charge in [-0.2, -0.15) is 0 Å². The molecule has 1 rings (SSSR count). The second-order valence-electron chi connectivity index (χ2n) is 4.11. The molecule has 1 aromatic rings. The number of Topliss-reactive ketones (excluding diaryl/α,β-unsaturated/α-hetero) is 1. The topological polar surface area (TPSA) is 17.1 Å². The highest BCUT2D eigenvalue weighted by molar-refractivity contribution is 7.99. The van der Waals surface area contributed by atoms with Crippen LogP contribution in [-0.2, 0) is 0 Å². The van der Waals surface area contributed by atoms with E-state index in [9.17, 15) is 4.79 Å². The Bertz CT molecular complexity index is 332. The Balaban J connectivity index is 2.48. The zero-order valence-corrected chi connectivity index (χ0v) is 11.3. The number of halogens is 1. The molecule has 0 aliphatic carbocycles. The van der Waals surface area contributed by atoms with E-state index in [1.807, 2.05) is 36.0 Å². The molecule has 0 atom stereocenters. The highest BCUT2D eigenvalue weighted by Crippen LogP contribution is 2.21. The van der Waals surface area contributed by atoms with Crippen LogP contribution in [0.4, 0.5) is 0 Å². The standard InChI is InChI=1S/C13H17ClOS/c1-10(2)7-8-16-12-5-3-11(4-6-12)13(15)9-14/h3-6,10H,7-9H2,1-2H3. The maximum atomic E-state index is 11.3. The van der Waals surface area contributed by atoms with Crippen molar-refractivity contribution in [2.75, 3.05) is 11.6 Å². The molecule has 0 aromatic heterocycles. The molecule has 0 unspecified atom stereocenters. The van der Waals surface area contributed by atoms with Gasteiger partial charge in [-0.25, -0.2) is 0 Å². The van der Waals surface area contributed by atoms with Crippen molar-refractivity contribution in [1.29, 1.82) is 0 Å². The van der Waals surface area contributed by atoms with Gasteiger partial charge in [0.05, 0.1) is 5.88 Å². The van der Waals surface area contributed by atoms with Gasteiger partial charge in [-0.1, -0.05) is 26.0 Å². The second-order valence-corrected chi connectivity index (χ2v) is 5.55. The van der Waals surface area contributed by atoms with Gasteiger partial charge in [0.1, 0.15) is 0 Å². The van der Waals surface area contributed by atoms with E-state index in [0.29, 0.717) is 5.56 Å². The van der Waals surface area contributed by atoms with Crippen molar-refractivity contribution in [1.82, 2.24) is 0 Å². The molecule has 16 heavy (non-hydrogen) atoms. The number of carbonyl (C=O) groups is 1. The third-order valence-electron chi connectivity index (χ3n) is 2.26. The fourth-order valence-electron chi connectivity index (χ4n) is 1.23. The molecule has 0 amide bonds. The largest absolute Gasteiger partial charge is 0.293 e. The SMILES string of the molecule is CC(C)CCSc1ccc(C(=O)CCl)cc1. The zero-order chi connectivity index (χ0) is 12.0. The molecule has 3 heteroatoms. The van der Waals surface area contributed by atoms with E-state index in [4.69, 9.17) is 11.6 Å². The van der Waals surface area contributed by atoms with Crippen LogP contribution < -0.4 is 0 Å². The fourth-order valence-corrected chi connectivity index (χ4v) is 2.53. The van der Waals surface area contributed by atoms with Gasteiger partial charge < -0.3 is 0 Å². The van der Waals surface area contributed by atoms with Gasteiger partial charge in [0.25, 0.3) is 0 Å². The quantitative estimate of drug-likeness (QED) is 0.430. The van der Waals surface area contributed by atoms with E-state index < -0.39 is 0 Å². The molecule has 0 aliphatic heterocycles. The Kier molecular flexibility index (Phi) is 5.93. The minimum Gasteiger partial charge on any atom is -0.293 e. The highest BCUT2D eigenvalue weighted by atomic mass is 35.5. The third kappa shape index (κ3) is 4.58. The van der Waals surface area contributed by atoms with E-state index in [0.717, 1.165) is 11.7 Å². The molecule has 0 radical (unpaired) electrons. The van der Waals surface area contributed by atoms with Gasteiger partial charge >= 0.3 is 0 Å². The number of ketones is 1. The molecule has 0 N–H and O–H groups in total. The molecule has 0 bridgehead atoms. The summed E-state index contributed by atoms with van der Waals surface area (Å²) in [6, 6.07) is 7.68. The Labute approximate surface area is 107 Å². The van der Waals surface area contributed by atoms with Crippen LogP contribution >= 0.6 is 23.4 Å². The van der Waals surface area contributed by atoms with Crippen LogP contribution in [0, 0.1) is 5.92 Å². The van der Waals surface area contributed by atoms with Crippen LogP contribution in [0.5, 0.6) is 0 Å². The number of alkyl halides is 1. The van der Waals surface area contributed by atoms with E-state index in [-0.39, 0.29) is 11.7 Å². The van der Waals surface area contributed by atoms with Crippen LogP contribution in [0.15, 0.2) is 29.2 Å². The lowest BCUT2D eigenvalue weighted by Gasteiger charge is -2.05. The van der Waals surface area contributed by atoms with Crippen molar-refractivity contribution in [3.8, 4) is 0 Å². The Morgan fingerprint density at radius 1 is 1.31 bits per heavy atom. The van der Waals surface area contributed by atoms with Crippen molar-refractivity contribution in [3.05, 3.63) is 29.8 Å². The Morgan fingerprint density at radius 2 is 1.94 bits per heavy atom. The zero-order valence-electron chi connectivity index (χ0n) is 9.70. The normalized spacial score (nSPS) is 10.8. The molecule has 0 saturated heterocycles. The third-order valence-corrected chi connectivity index (χ3v) is 3.55. The molecule has 1 nitrogen and oxygen atoms in total. The van der Waals surface area contributed by atoms with Gasteiger partial charge in [0, 0.05) is 10.5 Å². The first kappa shape index (κ1) is 13.6. The molecule has 0 aliphatic rings. The Morgan fingerprint density at radius 3 is 2.44 bits per heavy atom. The van der Waals surface area contributed by atoms with Crippen molar-refractivity contribution in [2.45, 2.75) is 25.2 Å². The highest BCUT2D eigenvalue weighted by Gasteiger charge is 2.03. The van der Waals surface area contributed by atoms with Gasteiger partial charge in [0.15, 0.2) is 5.78 Å². The molecule has 0 fully saturated rings. The fraction of sp³-hybridized carbons (Fsp3) is 0.462. The minimum absolute atomic E-state index is 0.0135. The number of thioether (sulfide) groups is 1. The smallest absolute Gasteiger partial charge is 0.177 e. The number of rotatable bonds is 6. The summed E-state index contributed by atoms with van der Waals surface area (Å²) in [6.07, 6.45) is 1.22. The van der Waals surface area contributed by atoms with E-state index in [1.165, 1.54) is 11.3 Å². The molecule has 0 spiro atoms. The van der Waals surface area contributed by atoms with Crippen molar-refractivity contribution in [2.24, 2.45) is 5.92 Å². The van der Waals surface area contributed by atoms with E-state index >= 15 is 0 Å². The first-order chi connectivity index (χ1) is 7.63. The molecule has 0 saturated carbocycles. The lowest BCUT2D eigenvalue weighted by Crippen LogP contribution is -1.99. The number of hydrogen-bond acceptors (Lipinski definition) is 2. The lowest BCUT2D eigenvalue weighted by atomic mass is 10.1. The minimum atomic E-state index is -0.0135. The first-order valence-corrected chi connectivity index (χ1v) is 6.97. The molecular formula is C13H17ClOS. The molecule has 88 valence electrons. The number of hydrogen-bond donors (Lipinski definition) is 0. The maximum Gasteiger partial charge on any atom is 0.177 e. The Hall–Kier alpha value is -0.470. The van der Waals surface area contributed by atoms with Crippen LogP contribution in [0.25, 0.3) is 0 Å². The van der Waals surface area contributed by atoms with E-state index in [1.54, 1.807) is 0 Å². The summed E-state index contributed by atoms with van der Waals surface area (Å²) in [7, 11) is 0. The summed E-state index contributed by atoms with van der Waals surface area (Å²) in [5, 5.41) is 0. The van der Waals surface area contributed by atoms with Crippen molar-refractivity contribution < 1.29 is 4.79 Å². The summed E-state index contributed by atoms with van der Waals surface area (Å²) < 4.78 is 0. The summed E-state index contributed by atoms with van der Waals surface area (Å²) in [5.41, 5.74) is 0.697. The van der Waals surface area contributed by atoms with Crippen molar-refractivity contribution >= 4 is 29.1 Å². The molecular weight excluding hydrogens is 240 g/mol. The van der Waals surface area contributed by atoms with Crippen molar-refractivity contribution in [3.63, 3.8) is 0 Å².